The molecule has 1 aromatic heterocycles. The lowest BCUT2D eigenvalue weighted by Crippen LogP contribution is -2.13. The van der Waals surface area contributed by atoms with Gasteiger partial charge in [-0.25, -0.2) is 4.98 Å². The highest BCUT2D eigenvalue weighted by atomic mass is 35.5. The molecule has 1 heterocycles. The fraction of sp³-hybridized carbons (Fsp3) is 0.158. The molecule has 0 saturated heterocycles. The average Bonchev–Trinajstić information content (AvgIpc) is 3.18. The standard InChI is InChI=1S/C19H14ClF3N2O3S/c1-27-11-4-6-13(16(8-11)28-2)17(26)24-10-3-5-12(14(20)7-10)15-9-29-18(25-15)19(21,22)23/h3-9H,1-2H3,(H,24,26). The first-order chi connectivity index (χ1) is 13.7. The third-order valence-corrected chi connectivity index (χ3v) is 5.10. The number of aromatic nitrogens is 1. The smallest absolute Gasteiger partial charge is 0.443 e. The van der Waals surface area contributed by atoms with E-state index in [2.05, 4.69) is 10.3 Å². The second kappa shape index (κ2) is 8.30. The molecule has 1 amide bonds. The van der Waals surface area contributed by atoms with Crippen molar-refractivity contribution >= 4 is 34.5 Å². The lowest BCUT2D eigenvalue weighted by molar-refractivity contribution is -0.137. The number of rotatable bonds is 5. The number of hydrogen-bond acceptors (Lipinski definition) is 5. The van der Waals surface area contributed by atoms with E-state index in [0.717, 1.165) is 0 Å². The van der Waals surface area contributed by atoms with Crippen LogP contribution in [0.15, 0.2) is 41.8 Å². The van der Waals surface area contributed by atoms with Gasteiger partial charge in [-0.15, -0.1) is 11.3 Å². The molecule has 0 bridgehead atoms. The molecule has 3 rings (SSSR count). The minimum absolute atomic E-state index is 0.113. The summed E-state index contributed by atoms with van der Waals surface area (Å²) in [6, 6.07) is 9.22. The highest BCUT2D eigenvalue weighted by molar-refractivity contribution is 7.10. The van der Waals surface area contributed by atoms with Crippen LogP contribution in [0, 0.1) is 0 Å². The summed E-state index contributed by atoms with van der Waals surface area (Å²) in [6.07, 6.45) is -4.51. The van der Waals surface area contributed by atoms with Crippen LogP contribution in [0.25, 0.3) is 11.3 Å². The molecule has 0 atom stereocenters. The van der Waals surface area contributed by atoms with Gasteiger partial charge in [0.2, 0.25) is 0 Å². The Morgan fingerprint density at radius 3 is 2.48 bits per heavy atom. The Balaban J connectivity index is 1.82. The topological polar surface area (TPSA) is 60.5 Å². The summed E-state index contributed by atoms with van der Waals surface area (Å²) >= 11 is 6.70. The summed E-state index contributed by atoms with van der Waals surface area (Å²) in [5.41, 5.74) is 1.09. The number of hydrogen-bond donors (Lipinski definition) is 1. The fourth-order valence-corrected chi connectivity index (χ4v) is 3.48. The van der Waals surface area contributed by atoms with Gasteiger partial charge in [-0.1, -0.05) is 11.6 Å². The lowest BCUT2D eigenvalue weighted by atomic mass is 10.1. The van der Waals surface area contributed by atoms with Gasteiger partial charge in [-0.3, -0.25) is 4.79 Å². The molecule has 0 radical (unpaired) electrons. The lowest BCUT2D eigenvalue weighted by Gasteiger charge is -2.11. The van der Waals surface area contributed by atoms with E-state index in [4.69, 9.17) is 21.1 Å². The van der Waals surface area contributed by atoms with E-state index in [1.165, 1.54) is 37.8 Å². The second-order valence-electron chi connectivity index (χ2n) is 5.75. The highest BCUT2D eigenvalue weighted by Gasteiger charge is 2.34. The maximum Gasteiger partial charge on any atom is 0.443 e. The van der Waals surface area contributed by atoms with Crippen molar-refractivity contribution in [2.75, 3.05) is 19.5 Å². The van der Waals surface area contributed by atoms with Crippen molar-refractivity contribution in [1.29, 1.82) is 0 Å². The Morgan fingerprint density at radius 1 is 1.14 bits per heavy atom. The largest absolute Gasteiger partial charge is 0.497 e. The van der Waals surface area contributed by atoms with Gasteiger partial charge in [-0.05, 0) is 30.3 Å². The SMILES string of the molecule is COc1ccc(C(=O)Nc2ccc(-c3csc(C(F)(F)F)n3)c(Cl)c2)c(OC)c1. The monoisotopic (exact) mass is 442 g/mol. The van der Waals surface area contributed by atoms with E-state index >= 15 is 0 Å². The van der Waals surface area contributed by atoms with Crippen molar-refractivity contribution in [2.24, 2.45) is 0 Å². The molecule has 1 N–H and O–H groups in total. The molecule has 5 nitrogen and oxygen atoms in total. The number of anilines is 1. The maximum atomic E-state index is 12.7. The Hall–Kier alpha value is -2.78. The summed E-state index contributed by atoms with van der Waals surface area (Å²) in [4.78, 5) is 16.1. The maximum absolute atomic E-state index is 12.7. The van der Waals surface area contributed by atoms with Crippen LogP contribution in [0.3, 0.4) is 0 Å². The number of ether oxygens (including phenoxy) is 2. The third kappa shape index (κ3) is 4.63. The van der Waals surface area contributed by atoms with Crippen LogP contribution in [0.2, 0.25) is 5.02 Å². The number of alkyl halides is 3. The minimum Gasteiger partial charge on any atom is -0.497 e. The van der Waals surface area contributed by atoms with Crippen LogP contribution in [-0.4, -0.2) is 25.1 Å². The number of carbonyl (C=O) groups excluding carboxylic acids is 1. The van der Waals surface area contributed by atoms with Crippen LogP contribution in [0.1, 0.15) is 15.4 Å². The van der Waals surface area contributed by atoms with Gasteiger partial charge in [-0.2, -0.15) is 13.2 Å². The summed E-state index contributed by atoms with van der Waals surface area (Å²) in [5, 5.41) is 3.16. The van der Waals surface area contributed by atoms with Crippen molar-refractivity contribution in [3.63, 3.8) is 0 Å². The number of thiazole rings is 1. The zero-order valence-corrected chi connectivity index (χ0v) is 16.7. The molecule has 0 aliphatic rings. The Bertz CT molecular complexity index is 1050. The van der Waals surface area contributed by atoms with Crippen molar-refractivity contribution in [1.82, 2.24) is 4.98 Å². The molecule has 0 saturated carbocycles. The van der Waals surface area contributed by atoms with Gasteiger partial charge in [0.1, 0.15) is 11.5 Å². The summed E-state index contributed by atoms with van der Waals surface area (Å²) in [6.45, 7) is 0. The molecule has 0 fully saturated rings. The van der Waals surface area contributed by atoms with E-state index in [0.29, 0.717) is 34.1 Å². The molecular weight excluding hydrogens is 429 g/mol. The molecule has 0 unspecified atom stereocenters. The van der Waals surface area contributed by atoms with Crippen LogP contribution in [-0.2, 0) is 6.18 Å². The molecule has 3 aromatic rings. The van der Waals surface area contributed by atoms with E-state index in [1.807, 2.05) is 0 Å². The molecule has 0 aliphatic heterocycles. The molecule has 2 aromatic carbocycles. The normalized spacial score (nSPS) is 11.2. The first-order valence-electron chi connectivity index (χ1n) is 8.09. The van der Waals surface area contributed by atoms with Gasteiger partial charge < -0.3 is 14.8 Å². The van der Waals surface area contributed by atoms with Gasteiger partial charge >= 0.3 is 6.18 Å². The van der Waals surface area contributed by atoms with Crippen molar-refractivity contribution in [2.45, 2.75) is 6.18 Å². The van der Waals surface area contributed by atoms with Crippen LogP contribution < -0.4 is 14.8 Å². The number of halogens is 4. The quantitative estimate of drug-likeness (QED) is 0.546. The summed E-state index contributed by atoms with van der Waals surface area (Å²) in [5.74, 6) is 0.417. The highest BCUT2D eigenvalue weighted by Crippen LogP contribution is 2.37. The van der Waals surface area contributed by atoms with Crippen molar-refractivity contribution < 1.29 is 27.4 Å². The zero-order valence-electron chi connectivity index (χ0n) is 15.1. The molecule has 152 valence electrons. The first-order valence-corrected chi connectivity index (χ1v) is 9.34. The summed E-state index contributed by atoms with van der Waals surface area (Å²) in [7, 11) is 2.93. The molecule has 10 heteroatoms. The number of amides is 1. The third-order valence-electron chi connectivity index (χ3n) is 3.90. The predicted molar refractivity (Wildman–Crippen MR) is 105 cm³/mol. The first kappa shape index (κ1) is 20.9. The number of benzene rings is 2. The molecule has 0 spiro atoms. The minimum atomic E-state index is -4.51. The van der Waals surface area contributed by atoms with Gasteiger partial charge in [0.25, 0.3) is 5.91 Å². The second-order valence-corrected chi connectivity index (χ2v) is 7.02. The van der Waals surface area contributed by atoms with Crippen molar-refractivity contribution in [3.05, 3.63) is 57.4 Å². The van der Waals surface area contributed by atoms with Gasteiger partial charge in [0.15, 0.2) is 5.01 Å². The van der Waals surface area contributed by atoms with Crippen LogP contribution >= 0.6 is 22.9 Å². The van der Waals surface area contributed by atoms with E-state index in [1.54, 1.807) is 18.2 Å². The zero-order chi connectivity index (χ0) is 21.2. The fourth-order valence-electron chi connectivity index (χ4n) is 2.51. The van der Waals surface area contributed by atoms with Crippen molar-refractivity contribution in [3.8, 4) is 22.8 Å². The number of methoxy groups -OCH3 is 2. The van der Waals surface area contributed by atoms with E-state index in [-0.39, 0.29) is 16.3 Å². The number of nitrogens with one attached hydrogen (secondary N) is 1. The van der Waals surface area contributed by atoms with E-state index < -0.39 is 17.1 Å². The number of carbonyl (C=O) groups is 1. The Kier molecular flexibility index (Phi) is 5.99. The Morgan fingerprint density at radius 2 is 1.90 bits per heavy atom. The molecular formula is C19H14ClF3N2O3S. The Labute approximate surface area is 173 Å². The van der Waals surface area contributed by atoms with E-state index in [9.17, 15) is 18.0 Å². The van der Waals surface area contributed by atoms with Gasteiger partial charge in [0.05, 0.1) is 30.5 Å². The predicted octanol–water partition coefficient (Wildman–Crippen LogP) is 5.75. The molecule has 29 heavy (non-hydrogen) atoms. The van der Waals surface area contributed by atoms with Gasteiger partial charge in [0, 0.05) is 22.7 Å². The van der Waals surface area contributed by atoms with Crippen LogP contribution in [0.5, 0.6) is 11.5 Å². The number of nitrogens with zero attached hydrogens (tertiary/aromatic N) is 1. The molecule has 0 aliphatic carbocycles. The average molecular weight is 443 g/mol. The summed E-state index contributed by atoms with van der Waals surface area (Å²) < 4.78 is 48.5. The van der Waals surface area contributed by atoms with Crippen LogP contribution in [0.4, 0.5) is 18.9 Å².